The van der Waals surface area contributed by atoms with Gasteiger partial charge in [-0.2, -0.15) is 0 Å². The normalized spacial score (nSPS) is 15.1. The first kappa shape index (κ1) is 14.9. The Morgan fingerprint density at radius 3 is 2.40 bits per heavy atom. The summed E-state index contributed by atoms with van der Waals surface area (Å²) in [6.07, 6.45) is 5.19. The zero-order valence-electron chi connectivity index (χ0n) is 12.9. The summed E-state index contributed by atoms with van der Waals surface area (Å²) in [5.41, 5.74) is 4.23. The minimum atomic E-state index is 0.788. The Kier molecular flexibility index (Phi) is 5.42. The maximum Gasteiger partial charge on any atom is 0.114 e. The van der Waals surface area contributed by atoms with Crippen molar-refractivity contribution >= 4 is 0 Å². The molecule has 0 radical (unpaired) electrons. The highest BCUT2D eigenvalue weighted by molar-refractivity contribution is 5.30. The lowest BCUT2D eigenvalue weighted by atomic mass is 10.1. The fourth-order valence-electron chi connectivity index (χ4n) is 2.53. The van der Waals surface area contributed by atoms with Gasteiger partial charge in [0.15, 0.2) is 0 Å². The van der Waals surface area contributed by atoms with Gasteiger partial charge in [-0.05, 0) is 50.5 Å². The predicted octanol–water partition coefficient (Wildman–Crippen LogP) is 4.28. The van der Waals surface area contributed by atoms with Gasteiger partial charge in [-0.3, -0.25) is 4.90 Å². The average molecular weight is 271 g/mol. The monoisotopic (exact) mass is 271 g/mol. The zero-order valence-corrected chi connectivity index (χ0v) is 12.9. The van der Waals surface area contributed by atoms with Crippen LogP contribution in [-0.4, -0.2) is 18.1 Å². The molecule has 0 bridgehead atoms. The van der Waals surface area contributed by atoms with Crippen molar-refractivity contribution in [1.82, 2.24) is 4.90 Å². The molecular formula is C18H25NO. The first-order valence-corrected chi connectivity index (χ1v) is 7.42. The number of hydrogen-bond acceptors (Lipinski definition) is 2. The van der Waals surface area contributed by atoms with E-state index in [9.17, 15) is 0 Å². The number of rotatable bonds is 6. The van der Waals surface area contributed by atoms with E-state index in [0.29, 0.717) is 0 Å². The highest BCUT2D eigenvalue weighted by Gasteiger charge is 2.17. The summed E-state index contributed by atoms with van der Waals surface area (Å²) < 4.78 is 5.80. The van der Waals surface area contributed by atoms with Crippen molar-refractivity contribution in [3.63, 3.8) is 0 Å². The molecule has 0 unspecified atom stereocenters. The lowest BCUT2D eigenvalue weighted by Gasteiger charge is -2.15. The van der Waals surface area contributed by atoms with E-state index < -0.39 is 0 Å². The Balaban J connectivity index is 1.69. The number of benzene rings is 1. The second-order valence-electron chi connectivity index (χ2n) is 5.59. The molecule has 20 heavy (non-hydrogen) atoms. The minimum absolute atomic E-state index is 0.788. The van der Waals surface area contributed by atoms with Crippen molar-refractivity contribution in [3.05, 3.63) is 58.9 Å². The van der Waals surface area contributed by atoms with E-state index >= 15 is 0 Å². The zero-order chi connectivity index (χ0) is 14.4. The van der Waals surface area contributed by atoms with E-state index in [4.69, 9.17) is 4.74 Å². The molecule has 2 rings (SSSR count). The van der Waals surface area contributed by atoms with Gasteiger partial charge < -0.3 is 4.74 Å². The molecule has 0 aliphatic carbocycles. The summed E-state index contributed by atoms with van der Waals surface area (Å²) in [6.45, 7) is 10.3. The number of allylic oxidation sites excluding steroid dienone is 3. The summed E-state index contributed by atoms with van der Waals surface area (Å²) >= 11 is 0. The van der Waals surface area contributed by atoms with Crippen LogP contribution >= 0.6 is 0 Å². The SMILES string of the molecule is C/C=C(\C=C(C)C)OCCCN1Cc2ccccc2C1. The molecular weight excluding hydrogens is 246 g/mol. The molecule has 108 valence electrons. The Hall–Kier alpha value is -1.54. The van der Waals surface area contributed by atoms with Crippen LogP contribution in [0.1, 0.15) is 38.3 Å². The van der Waals surface area contributed by atoms with E-state index in [-0.39, 0.29) is 0 Å². The van der Waals surface area contributed by atoms with E-state index in [1.165, 1.54) is 16.7 Å². The number of ether oxygens (including phenoxy) is 1. The molecule has 1 aliphatic rings. The van der Waals surface area contributed by atoms with Crippen LogP contribution in [0, 0.1) is 0 Å². The number of nitrogens with zero attached hydrogens (tertiary/aromatic N) is 1. The molecule has 1 aromatic carbocycles. The third-order valence-corrected chi connectivity index (χ3v) is 3.51. The van der Waals surface area contributed by atoms with Crippen LogP contribution < -0.4 is 0 Å². The maximum atomic E-state index is 5.80. The molecule has 0 saturated heterocycles. The molecule has 1 aromatic rings. The Morgan fingerprint density at radius 1 is 1.20 bits per heavy atom. The molecule has 1 heterocycles. The molecule has 0 atom stereocenters. The number of fused-ring (bicyclic) bond motifs is 1. The van der Waals surface area contributed by atoms with Gasteiger partial charge in [-0.25, -0.2) is 0 Å². The van der Waals surface area contributed by atoms with Gasteiger partial charge in [-0.1, -0.05) is 29.8 Å². The summed E-state index contributed by atoms with van der Waals surface area (Å²) in [5, 5.41) is 0. The Bertz CT molecular complexity index is 473. The van der Waals surface area contributed by atoms with E-state index in [2.05, 4.69) is 49.1 Å². The van der Waals surface area contributed by atoms with Crippen LogP contribution in [-0.2, 0) is 17.8 Å². The fourth-order valence-corrected chi connectivity index (χ4v) is 2.53. The van der Waals surface area contributed by atoms with Crippen molar-refractivity contribution < 1.29 is 4.74 Å². The Labute approximate surface area is 122 Å². The van der Waals surface area contributed by atoms with Gasteiger partial charge in [0.25, 0.3) is 0 Å². The molecule has 2 nitrogen and oxygen atoms in total. The van der Waals surface area contributed by atoms with Crippen LogP contribution in [0.5, 0.6) is 0 Å². The number of hydrogen-bond donors (Lipinski definition) is 0. The van der Waals surface area contributed by atoms with Gasteiger partial charge >= 0.3 is 0 Å². The molecule has 1 aliphatic heterocycles. The topological polar surface area (TPSA) is 12.5 Å². The van der Waals surface area contributed by atoms with Crippen molar-refractivity contribution in [2.45, 2.75) is 40.3 Å². The summed E-state index contributed by atoms with van der Waals surface area (Å²) in [6, 6.07) is 8.73. The van der Waals surface area contributed by atoms with Crippen molar-refractivity contribution in [2.24, 2.45) is 0 Å². The summed E-state index contributed by atoms with van der Waals surface area (Å²) in [4.78, 5) is 2.49. The van der Waals surface area contributed by atoms with Gasteiger partial charge in [0.05, 0.1) is 6.61 Å². The third kappa shape index (κ3) is 4.24. The second kappa shape index (κ2) is 7.30. The van der Waals surface area contributed by atoms with Crippen LogP contribution in [0.3, 0.4) is 0 Å². The minimum Gasteiger partial charge on any atom is -0.494 e. The van der Waals surface area contributed by atoms with E-state index in [0.717, 1.165) is 38.4 Å². The van der Waals surface area contributed by atoms with Gasteiger partial charge in [0, 0.05) is 19.6 Å². The van der Waals surface area contributed by atoms with Crippen LogP contribution in [0.4, 0.5) is 0 Å². The Morgan fingerprint density at radius 2 is 1.85 bits per heavy atom. The lowest BCUT2D eigenvalue weighted by molar-refractivity contribution is 0.190. The lowest BCUT2D eigenvalue weighted by Crippen LogP contribution is -2.18. The molecule has 0 aromatic heterocycles. The van der Waals surface area contributed by atoms with Gasteiger partial charge in [0.2, 0.25) is 0 Å². The average Bonchev–Trinajstić information content (AvgIpc) is 2.84. The molecule has 2 heteroatoms. The smallest absolute Gasteiger partial charge is 0.114 e. The largest absolute Gasteiger partial charge is 0.494 e. The molecule has 0 N–H and O–H groups in total. The van der Waals surface area contributed by atoms with Crippen LogP contribution in [0.2, 0.25) is 0 Å². The van der Waals surface area contributed by atoms with Crippen molar-refractivity contribution in [1.29, 1.82) is 0 Å². The standard InChI is InChI=1S/C18H25NO/c1-4-18(12-15(2)3)20-11-7-10-19-13-16-8-5-6-9-17(16)14-19/h4-6,8-9,12H,7,10-11,13-14H2,1-3H3/b18-4+. The highest BCUT2D eigenvalue weighted by atomic mass is 16.5. The van der Waals surface area contributed by atoms with Gasteiger partial charge in [0.1, 0.15) is 5.76 Å². The molecule has 0 fully saturated rings. The first-order valence-electron chi connectivity index (χ1n) is 7.42. The quantitative estimate of drug-likeness (QED) is 0.435. The van der Waals surface area contributed by atoms with Crippen LogP contribution in [0.25, 0.3) is 0 Å². The first-order chi connectivity index (χ1) is 9.69. The van der Waals surface area contributed by atoms with Crippen LogP contribution in [0.15, 0.2) is 47.7 Å². The third-order valence-electron chi connectivity index (χ3n) is 3.51. The molecule has 0 amide bonds. The molecule has 0 saturated carbocycles. The maximum absolute atomic E-state index is 5.80. The van der Waals surface area contributed by atoms with Crippen molar-refractivity contribution in [2.75, 3.05) is 13.2 Å². The predicted molar refractivity (Wildman–Crippen MR) is 84.3 cm³/mol. The van der Waals surface area contributed by atoms with E-state index in [1.807, 2.05) is 13.0 Å². The summed E-state index contributed by atoms with van der Waals surface area (Å²) in [5.74, 6) is 0.981. The second-order valence-corrected chi connectivity index (χ2v) is 5.59. The van der Waals surface area contributed by atoms with Gasteiger partial charge in [-0.15, -0.1) is 0 Å². The van der Waals surface area contributed by atoms with E-state index in [1.54, 1.807) is 0 Å². The highest BCUT2D eigenvalue weighted by Crippen LogP contribution is 2.22. The summed E-state index contributed by atoms with van der Waals surface area (Å²) in [7, 11) is 0. The fraction of sp³-hybridized carbons (Fsp3) is 0.444. The van der Waals surface area contributed by atoms with Crippen molar-refractivity contribution in [3.8, 4) is 0 Å². The molecule has 0 spiro atoms.